The molecule has 0 saturated carbocycles. The number of aromatic nitrogens is 1. The molecule has 1 aromatic carbocycles. The minimum atomic E-state index is 0.196. The van der Waals surface area contributed by atoms with E-state index < -0.39 is 0 Å². The molecule has 0 radical (unpaired) electrons. The smallest absolute Gasteiger partial charge is 0.0592 e. The maximum atomic E-state index is 4.28. The Morgan fingerprint density at radius 2 is 2.00 bits per heavy atom. The monoisotopic (exact) mass is 332 g/mol. The fourth-order valence-electron chi connectivity index (χ4n) is 2.44. The lowest BCUT2D eigenvalue weighted by Gasteiger charge is -2.19. The van der Waals surface area contributed by atoms with Gasteiger partial charge in [-0.1, -0.05) is 44.5 Å². The van der Waals surface area contributed by atoms with Gasteiger partial charge in [-0.25, -0.2) is 0 Å². The zero-order valence-corrected chi connectivity index (χ0v) is 13.7. The molecule has 0 fully saturated rings. The molecule has 0 bridgehead atoms. The van der Waals surface area contributed by atoms with Crippen LogP contribution in [0.15, 0.2) is 47.2 Å². The molecule has 1 heterocycles. The number of hydrogen-bond donors (Lipinski definition) is 1. The molecule has 1 aromatic heterocycles. The summed E-state index contributed by atoms with van der Waals surface area (Å²) in [6.45, 7) is 5.27. The summed E-state index contributed by atoms with van der Waals surface area (Å²) in [4.78, 5) is 4.28. The van der Waals surface area contributed by atoms with Crippen LogP contribution in [0, 0.1) is 0 Å². The van der Waals surface area contributed by atoms with Crippen LogP contribution < -0.4 is 5.32 Å². The van der Waals surface area contributed by atoms with E-state index in [2.05, 4.69) is 70.4 Å². The van der Waals surface area contributed by atoms with Crippen LogP contribution in [0.25, 0.3) is 0 Å². The highest BCUT2D eigenvalue weighted by atomic mass is 79.9. The number of halogens is 1. The average Bonchev–Trinajstić information content (AvgIpc) is 2.45. The average molecular weight is 333 g/mol. The lowest BCUT2D eigenvalue weighted by Crippen LogP contribution is -2.22. The molecule has 0 aliphatic rings. The van der Waals surface area contributed by atoms with Gasteiger partial charge >= 0.3 is 0 Å². The predicted molar refractivity (Wildman–Crippen MR) is 87.9 cm³/mol. The molecule has 0 saturated heterocycles. The van der Waals surface area contributed by atoms with Gasteiger partial charge in [0.2, 0.25) is 0 Å². The standard InChI is InChI=1S/C17H21BrN2/c1-3-6-13-7-5-8-14(9-13)17(20-4-2)15-10-16(18)12-19-11-15/h5,7-12,17,20H,3-4,6H2,1-2H3. The van der Waals surface area contributed by atoms with Crippen molar-refractivity contribution in [2.24, 2.45) is 0 Å². The van der Waals surface area contributed by atoms with Crippen molar-refractivity contribution in [3.63, 3.8) is 0 Å². The van der Waals surface area contributed by atoms with E-state index >= 15 is 0 Å². The van der Waals surface area contributed by atoms with Crippen molar-refractivity contribution in [3.05, 3.63) is 63.9 Å². The number of aryl methyl sites for hydroxylation is 1. The molecule has 2 rings (SSSR count). The van der Waals surface area contributed by atoms with Crippen LogP contribution in [0.2, 0.25) is 0 Å². The van der Waals surface area contributed by atoms with Crippen molar-refractivity contribution in [1.29, 1.82) is 0 Å². The highest BCUT2D eigenvalue weighted by molar-refractivity contribution is 9.10. The van der Waals surface area contributed by atoms with Crippen molar-refractivity contribution in [2.75, 3.05) is 6.54 Å². The Bertz CT molecular complexity index is 554. The summed E-state index contributed by atoms with van der Waals surface area (Å²) in [6, 6.07) is 11.2. The van der Waals surface area contributed by atoms with Crippen molar-refractivity contribution in [2.45, 2.75) is 32.7 Å². The fourth-order valence-corrected chi connectivity index (χ4v) is 2.82. The van der Waals surface area contributed by atoms with E-state index in [0.29, 0.717) is 0 Å². The summed E-state index contributed by atoms with van der Waals surface area (Å²) in [5.41, 5.74) is 3.89. The van der Waals surface area contributed by atoms with Gasteiger partial charge in [0.15, 0.2) is 0 Å². The highest BCUT2D eigenvalue weighted by Gasteiger charge is 2.14. The second-order valence-electron chi connectivity index (χ2n) is 4.92. The zero-order valence-electron chi connectivity index (χ0n) is 12.1. The molecule has 0 spiro atoms. The molecule has 106 valence electrons. The first kappa shape index (κ1) is 15.2. The summed E-state index contributed by atoms with van der Waals surface area (Å²) in [5.74, 6) is 0. The number of nitrogens with one attached hydrogen (secondary N) is 1. The van der Waals surface area contributed by atoms with Gasteiger partial charge in [0.1, 0.15) is 0 Å². The third-order valence-corrected chi connectivity index (χ3v) is 3.72. The predicted octanol–water partition coefficient (Wildman–Crippen LogP) is 4.50. The summed E-state index contributed by atoms with van der Waals surface area (Å²) in [5, 5.41) is 3.55. The minimum absolute atomic E-state index is 0.196. The molecule has 2 nitrogen and oxygen atoms in total. The third kappa shape index (κ3) is 3.90. The maximum Gasteiger partial charge on any atom is 0.0592 e. The molecule has 1 atom stereocenters. The highest BCUT2D eigenvalue weighted by Crippen LogP contribution is 2.24. The van der Waals surface area contributed by atoms with Crippen LogP contribution in [-0.4, -0.2) is 11.5 Å². The topological polar surface area (TPSA) is 24.9 Å². The Morgan fingerprint density at radius 3 is 2.70 bits per heavy atom. The van der Waals surface area contributed by atoms with Crippen molar-refractivity contribution in [3.8, 4) is 0 Å². The number of rotatable bonds is 6. The summed E-state index contributed by atoms with van der Waals surface area (Å²) in [7, 11) is 0. The van der Waals surface area contributed by atoms with Gasteiger partial charge in [-0.2, -0.15) is 0 Å². The molecule has 0 amide bonds. The van der Waals surface area contributed by atoms with Gasteiger partial charge < -0.3 is 5.32 Å². The van der Waals surface area contributed by atoms with Gasteiger partial charge in [-0.15, -0.1) is 0 Å². The number of nitrogens with zero attached hydrogens (tertiary/aromatic N) is 1. The van der Waals surface area contributed by atoms with Crippen molar-refractivity contribution >= 4 is 15.9 Å². The molecule has 20 heavy (non-hydrogen) atoms. The lowest BCUT2D eigenvalue weighted by atomic mass is 9.97. The van der Waals surface area contributed by atoms with Gasteiger partial charge in [0, 0.05) is 16.9 Å². The summed E-state index contributed by atoms with van der Waals surface area (Å²) in [6.07, 6.45) is 6.06. The molecule has 2 aromatic rings. The van der Waals surface area contributed by atoms with E-state index in [9.17, 15) is 0 Å². The Balaban J connectivity index is 2.35. The first-order valence-corrected chi connectivity index (χ1v) is 7.96. The molecule has 0 aliphatic carbocycles. The molecule has 1 N–H and O–H groups in total. The van der Waals surface area contributed by atoms with Gasteiger partial charge in [0.25, 0.3) is 0 Å². The van der Waals surface area contributed by atoms with E-state index in [-0.39, 0.29) is 6.04 Å². The van der Waals surface area contributed by atoms with Crippen LogP contribution in [0.3, 0.4) is 0 Å². The Kier molecular flexibility index (Phi) is 5.74. The first-order valence-electron chi connectivity index (χ1n) is 7.17. The van der Waals surface area contributed by atoms with Crippen molar-refractivity contribution in [1.82, 2.24) is 10.3 Å². The van der Waals surface area contributed by atoms with Crippen molar-refractivity contribution < 1.29 is 0 Å². The second kappa shape index (κ2) is 7.55. The van der Waals surface area contributed by atoms with Crippen LogP contribution in [0.5, 0.6) is 0 Å². The molecule has 0 aliphatic heterocycles. The Hall–Kier alpha value is -1.19. The Morgan fingerprint density at radius 1 is 1.15 bits per heavy atom. The maximum absolute atomic E-state index is 4.28. The summed E-state index contributed by atoms with van der Waals surface area (Å²) >= 11 is 3.50. The first-order chi connectivity index (χ1) is 9.74. The Labute approximate surface area is 129 Å². The quantitative estimate of drug-likeness (QED) is 0.842. The fraction of sp³-hybridized carbons (Fsp3) is 0.353. The molecule has 3 heteroatoms. The SMILES string of the molecule is CCCc1cccc(C(NCC)c2cncc(Br)c2)c1. The largest absolute Gasteiger partial charge is 0.306 e. The zero-order chi connectivity index (χ0) is 14.4. The minimum Gasteiger partial charge on any atom is -0.306 e. The van der Waals surface area contributed by atoms with Crippen LogP contribution in [0.1, 0.15) is 43.0 Å². The molecular weight excluding hydrogens is 312 g/mol. The van der Waals surface area contributed by atoms with E-state index in [1.807, 2.05) is 12.4 Å². The van der Waals surface area contributed by atoms with Gasteiger partial charge in [0.05, 0.1) is 6.04 Å². The van der Waals surface area contributed by atoms with Gasteiger partial charge in [-0.3, -0.25) is 4.98 Å². The number of pyridine rings is 1. The van der Waals surface area contributed by atoms with Crippen LogP contribution in [0.4, 0.5) is 0 Å². The van der Waals surface area contributed by atoms with E-state index in [0.717, 1.165) is 17.4 Å². The van der Waals surface area contributed by atoms with Crippen LogP contribution in [-0.2, 0) is 6.42 Å². The normalized spacial score (nSPS) is 12.3. The molecule has 1 unspecified atom stereocenters. The van der Waals surface area contributed by atoms with E-state index in [4.69, 9.17) is 0 Å². The number of benzene rings is 1. The molecular formula is C17H21BrN2. The lowest BCUT2D eigenvalue weighted by molar-refractivity contribution is 0.627. The van der Waals surface area contributed by atoms with E-state index in [1.165, 1.54) is 23.1 Å². The number of hydrogen-bond acceptors (Lipinski definition) is 2. The third-order valence-electron chi connectivity index (χ3n) is 3.29. The summed E-state index contributed by atoms with van der Waals surface area (Å²) < 4.78 is 1.02. The van der Waals surface area contributed by atoms with E-state index in [1.54, 1.807) is 0 Å². The van der Waals surface area contributed by atoms with Crippen LogP contribution >= 0.6 is 15.9 Å². The van der Waals surface area contributed by atoms with Gasteiger partial charge in [-0.05, 0) is 51.7 Å². The second-order valence-corrected chi connectivity index (χ2v) is 5.84.